The van der Waals surface area contributed by atoms with Crippen molar-refractivity contribution < 1.29 is 0 Å². The molecule has 0 bridgehead atoms. The van der Waals surface area contributed by atoms with Gasteiger partial charge in [0.15, 0.2) is 5.82 Å². The van der Waals surface area contributed by atoms with Crippen LogP contribution in [-0.4, -0.2) is 21.0 Å². The first-order valence-corrected chi connectivity index (χ1v) is 6.71. The van der Waals surface area contributed by atoms with Crippen molar-refractivity contribution >= 4 is 11.9 Å². The molecule has 0 spiro atoms. The Morgan fingerprint density at radius 3 is 3.16 bits per heavy atom. The highest BCUT2D eigenvalue weighted by Gasteiger charge is 2.19. The Morgan fingerprint density at radius 1 is 1.32 bits per heavy atom. The number of dihydropyridines is 1. The molecule has 0 atom stereocenters. The van der Waals surface area contributed by atoms with Crippen LogP contribution in [0.25, 0.3) is 5.70 Å². The Bertz CT molecular complexity index is 589. The van der Waals surface area contributed by atoms with E-state index in [0.29, 0.717) is 0 Å². The first-order valence-electron chi connectivity index (χ1n) is 6.71. The van der Waals surface area contributed by atoms with Crippen LogP contribution in [-0.2, 0) is 0 Å². The largest absolute Gasteiger partial charge is 0.359 e. The van der Waals surface area contributed by atoms with Crippen LogP contribution in [0.5, 0.6) is 0 Å². The number of allylic oxidation sites excluding steroid dienone is 4. The lowest BCUT2D eigenvalue weighted by atomic mass is 10.1. The summed E-state index contributed by atoms with van der Waals surface area (Å²) in [7, 11) is 0. The molecule has 3 rings (SSSR count). The summed E-state index contributed by atoms with van der Waals surface area (Å²) in [5.41, 5.74) is 3.22. The number of hydrogen-bond acceptors (Lipinski definition) is 4. The second-order valence-corrected chi connectivity index (χ2v) is 4.65. The Labute approximate surface area is 112 Å². The number of fused-ring (bicyclic) bond motifs is 3. The molecule has 1 N–H and O–H groups in total. The third-order valence-electron chi connectivity index (χ3n) is 3.31. The van der Waals surface area contributed by atoms with Crippen molar-refractivity contribution in [1.29, 1.82) is 0 Å². The highest BCUT2D eigenvalue weighted by molar-refractivity contribution is 5.83. The van der Waals surface area contributed by atoms with Crippen LogP contribution in [0.1, 0.15) is 38.4 Å². The van der Waals surface area contributed by atoms with Crippen molar-refractivity contribution in [2.24, 2.45) is 4.99 Å². The van der Waals surface area contributed by atoms with Crippen LogP contribution in [0.4, 0.5) is 0 Å². The highest BCUT2D eigenvalue weighted by Crippen LogP contribution is 2.27. The molecular weight excluding hydrogens is 238 g/mol. The molecule has 3 heterocycles. The van der Waals surface area contributed by atoms with Gasteiger partial charge in [-0.25, -0.2) is 0 Å². The van der Waals surface area contributed by atoms with Gasteiger partial charge < -0.3 is 5.32 Å². The van der Waals surface area contributed by atoms with Gasteiger partial charge in [-0.05, 0) is 25.0 Å². The van der Waals surface area contributed by atoms with E-state index in [9.17, 15) is 0 Å². The summed E-state index contributed by atoms with van der Waals surface area (Å²) >= 11 is 0. The van der Waals surface area contributed by atoms with Crippen molar-refractivity contribution in [3.8, 4) is 0 Å². The van der Waals surface area contributed by atoms with Gasteiger partial charge in [-0.3, -0.25) is 9.56 Å². The molecular formula is C14H17N5. The fraction of sp³-hybridized carbons (Fsp3) is 0.357. The van der Waals surface area contributed by atoms with Gasteiger partial charge in [0.1, 0.15) is 6.33 Å². The molecule has 0 saturated heterocycles. The summed E-state index contributed by atoms with van der Waals surface area (Å²) in [6.07, 6.45) is 14.1. The van der Waals surface area contributed by atoms with E-state index in [1.165, 1.54) is 12.8 Å². The van der Waals surface area contributed by atoms with E-state index < -0.39 is 0 Å². The van der Waals surface area contributed by atoms with Crippen molar-refractivity contribution in [2.75, 3.05) is 0 Å². The van der Waals surface area contributed by atoms with Gasteiger partial charge in [0.05, 0.1) is 23.3 Å². The summed E-state index contributed by atoms with van der Waals surface area (Å²) in [5.74, 6) is 0.770. The van der Waals surface area contributed by atoms with E-state index in [1.54, 1.807) is 12.5 Å². The lowest BCUT2D eigenvalue weighted by molar-refractivity contribution is 0.705. The van der Waals surface area contributed by atoms with E-state index in [4.69, 9.17) is 0 Å². The van der Waals surface area contributed by atoms with Gasteiger partial charge in [0.25, 0.3) is 0 Å². The van der Waals surface area contributed by atoms with Gasteiger partial charge in [-0.2, -0.15) is 0 Å². The van der Waals surface area contributed by atoms with Crippen molar-refractivity contribution in [3.05, 3.63) is 41.9 Å². The average molecular weight is 255 g/mol. The van der Waals surface area contributed by atoms with Gasteiger partial charge >= 0.3 is 0 Å². The molecule has 0 radical (unpaired) electrons. The third-order valence-corrected chi connectivity index (χ3v) is 3.31. The molecule has 0 saturated carbocycles. The zero-order valence-corrected chi connectivity index (χ0v) is 11.0. The SMILES string of the molecule is CCCCCC1=C2NC=CC=C2n2cnnc2C=N1. The molecule has 1 aromatic heterocycles. The zero-order valence-electron chi connectivity index (χ0n) is 11.0. The summed E-state index contributed by atoms with van der Waals surface area (Å²) in [4.78, 5) is 4.59. The standard InChI is InChI=1S/C14H17N5/c1-2-3-4-6-11-14-12(7-5-8-15-14)19-10-17-18-13(19)9-16-11/h5,7-10,15H,2-4,6H2,1H3. The van der Waals surface area contributed by atoms with Crippen molar-refractivity contribution in [2.45, 2.75) is 32.6 Å². The third kappa shape index (κ3) is 2.23. The van der Waals surface area contributed by atoms with Crippen LogP contribution in [0.15, 0.2) is 41.1 Å². The highest BCUT2D eigenvalue weighted by atomic mass is 15.3. The topological polar surface area (TPSA) is 55.1 Å². The maximum absolute atomic E-state index is 4.59. The van der Waals surface area contributed by atoms with Gasteiger partial charge in [0.2, 0.25) is 0 Å². The predicted molar refractivity (Wildman–Crippen MR) is 75.3 cm³/mol. The first kappa shape index (κ1) is 11.9. The van der Waals surface area contributed by atoms with Crippen LogP contribution in [0, 0.1) is 0 Å². The smallest absolute Gasteiger partial charge is 0.179 e. The Morgan fingerprint density at radius 2 is 2.26 bits per heavy atom. The van der Waals surface area contributed by atoms with E-state index in [2.05, 4.69) is 33.5 Å². The lowest BCUT2D eigenvalue weighted by Crippen LogP contribution is -2.15. The molecule has 98 valence electrons. The molecule has 5 nitrogen and oxygen atoms in total. The summed E-state index contributed by atoms with van der Waals surface area (Å²) in [6, 6.07) is 0. The Balaban J connectivity index is 1.98. The van der Waals surface area contributed by atoms with Crippen LogP contribution < -0.4 is 5.32 Å². The summed E-state index contributed by atoms with van der Waals surface area (Å²) in [6.45, 7) is 2.21. The zero-order chi connectivity index (χ0) is 13.1. The van der Waals surface area contributed by atoms with E-state index in [1.807, 2.05) is 16.8 Å². The summed E-state index contributed by atoms with van der Waals surface area (Å²) in [5, 5.41) is 11.3. The lowest BCUT2D eigenvalue weighted by Gasteiger charge is -2.17. The number of aromatic nitrogens is 3. The monoisotopic (exact) mass is 255 g/mol. The van der Waals surface area contributed by atoms with Gasteiger partial charge in [-0.15, -0.1) is 10.2 Å². The minimum atomic E-state index is 0.770. The summed E-state index contributed by atoms with van der Waals surface area (Å²) < 4.78 is 1.96. The van der Waals surface area contributed by atoms with Gasteiger partial charge in [-0.1, -0.05) is 19.8 Å². The number of hydrogen-bond donors (Lipinski definition) is 1. The second kappa shape index (κ2) is 5.22. The molecule has 2 aliphatic heterocycles. The molecule has 0 amide bonds. The molecule has 0 aliphatic carbocycles. The van der Waals surface area contributed by atoms with Crippen molar-refractivity contribution in [3.63, 3.8) is 0 Å². The minimum absolute atomic E-state index is 0.770. The molecule has 19 heavy (non-hydrogen) atoms. The number of aliphatic imine (C=N–C) groups is 1. The number of rotatable bonds is 4. The average Bonchev–Trinajstić information content (AvgIpc) is 2.86. The fourth-order valence-corrected chi connectivity index (χ4v) is 2.31. The molecule has 0 aromatic carbocycles. The number of nitrogens with zero attached hydrogens (tertiary/aromatic N) is 4. The molecule has 2 aliphatic rings. The second-order valence-electron chi connectivity index (χ2n) is 4.65. The predicted octanol–water partition coefficient (Wildman–Crippen LogP) is 2.46. The normalized spacial score (nSPS) is 16.6. The molecule has 0 unspecified atom stereocenters. The van der Waals surface area contributed by atoms with Crippen LogP contribution in [0.2, 0.25) is 0 Å². The first-order chi connectivity index (χ1) is 9.40. The number of nitrogens with one attached hydrogen (secondary N) is 1. The number of unbranched alkanes of at least 4 members (excludes halogenated alkanes) is 2. The maximum atomic E-state index is 4.59. The molecule has 0 fully saturated rings. The Hall–Kier alpha value is -2.17. The maximum Gasteiger partial charge on any atom is 0.179 e. The van der Waals surface area contributed by atoms with E-state index in [0.717, 1.165) is 35.8 Å². The van der Waals surface area contributed by atoms with Gasteiger partial charge in [0, 0.05) is 6.20 Å². The van der Waals surface area contributed by atoms with E-state index in [-0.39, 0.29) is 0 Å². The molecule has 5 heteroatoms. The van der Waals surface area contributed by atoms with Crippen LogP contribution in [0.3, 0.4) is 0 Å². The quantitative estimate of drug-likeness (QED) is 0.841. The van der Waals surface area contributed by atoms with E-state index >= 15 is 0 Å². The Kier molecular flexibility index (Phi) is 3.27. The molecule has 1 aromatic rings. The van der Waals surface area contributed by atoms with Crippen molar-refractivity contribution in [1.82, 2.24) is 20.1 Å². The van der Waals surface area contributed by atoms with Crippen LogP contribution >= 0.6 is 0 Å². The minimum Gasteiger partial charge on any atom is -0.359 e. The fourth-order valence-electron chi connectivity index (χ4n) is 2.31.